The molecule has 43 heavy (non-hydrogen) atoms. The minimum atomic E-state index is -0.911. The summed E-state index contributed by atoms with van der Waals surface area (Å²) in [7, 11) is 4.64. The molecule has 2 N–H and O–H groups in total. The zero-order chi connectivity index (χ0) is 30.2. The first-order valence-corrected chi connectivity index (χ1v) is 15.0. The zero-order valence-corrected chi connectivity index (χ0v) is 25.2. The van der Waals surface area contributed by atoms with E-state index in [1.54, 1.807) is 38.4 Å². The molecule has 1 fully saturated rings. The molecule has 1 saturated carbocycles. The van der Waals surface area contributed by atoms with E-state index in [9.17, 15) is 9.59 Å². The average Bonchev–Trinajstić information content (AvgIpc) is 3.46. The highest BCUT2D eigenvalue weighted by Crippen LogP contribution is 2.41. The van der Waals surface area contributed by atoms with Crippen molar-refractivity contribution in [1.82, 2.24) is 15.2 Å². The van der Waals surface area contributed by atoms with Crippen molar-refractivity contribution >= 4 is 22.7 Å². The SMILES string of the molecule is COc1cc([C@@H](C(=O)NC2CCCCC2)N(Cc2ccccc2)C(=O)CCc2c[nH]c3ccccc23)cc(OC)c1OC. The molecular weight excluding hydrogens is 542 g/mol. The van der Waals surface area contributed by atoms with Crippen LogP contribution in [0.2, 0.25) is 0 Å². The van der Waals surface area contributed by atoms with E-state index in [-0.39, 0.29) is 30.8 Å². The molecule has 1 aromatic heterocycles. The first-order chi connectivity index (χ1) is 21.0. The number of carbonyl (C=O) groups is 2. The molecule has 2 amide bonds. The molecule has 3 aromatic carbocycles. The van der Waals surface area contributed by atoms with Crippen LogP contribution >= 0.6 is 0 Å². The Hall–Kier alpha value is -4.46. The Morgan fingerprint density at radius 3 is 2.26 bits per heavy atom. The van der Waals surface area contributed by atoms with Gasteiger partial charge >= 0.3 is 0 Å². The van der Waals surface area contributed by atoms with Gasteiger partial charge in [0.05, 0.1) is 21.3 Å². The van der Waals surface area contributed by atoms with Crippen LogP contribution in [-0.4, -0.2) is 49.1 Å². The van der Waals surface area contributed by atoms with E-state index in [1.165, 1.54) is 6.42 Å². The third kappa shape index (κ3) is 6.96. The Morgan fingerprint density at radius 2 is 1.58 bits per heavy atom. The topological polar surface area (TPSA) is 92.9 Å². The van der Waals surface area contributed by atoms with E-state index in [0.29, 0.717) is 29.2 Å². The molecule has 0 aliphatic heterocycles. The standard InChI is InChI=1S/C35H41N3O5/c1-41-30-20-26(21-31(42-2)34(30)43-3)33(35(40)37-27-14-8-5-9-15-27)38(23-24-12-6-4-7-13-24)32(39)19-18-25-22-36-29-17-11-10-16-28(25)29/h4,6-7,10-13,16-17,20-22,27,33,36H,5,8-9,14-15,18-19,23H2,1-3H3,(H,37,40)/t33-/m0/s1. The maximum atomic E-state index is 14.3. The molecule has 8 nitrogen and oxygen atoms in total. The van der Waals surface area contributed by atoms with Crippen LogP contribution in [0.5, 0.6) is 17.2 Å². The van der Waals surface area contributed by atoms with Crippen molar-refractivity contribution in [3.8, 4) is 17.2 Å². The molecule has 0 saturated heterocycles. The van der Waals surface area contributed by atoms with Gasteiger partial charge in [0.15, 0.2) is 11.5 Å². The summed E-state index contributed by atoms with van der Waals surface area (Å²) < 4.78 is 16.9. The van der Waals surface area contributed by atoms with Crippen LogP contribution < -0.4 is 19.5 Å². The number of carbonyl (C=O) groups excluding carboxylic acids is 2. The largest absolute Gasteiger partial charge is 0.493 e. The van der Waals surface area contributed by atoms with Gasteiger partial charge in [-0.15, -0.1) is 0 Å². The van der Waals surface area contributed by atoms with Gasteiger partial charge in [-0.05, 0) is 54.2 Å². The maximum Gasteiger partial charge on any atom is 0.247 e. The molecule has 0 bridgehead atoms. The Kier molecular flexibility index (Phi) is 9.87. The number of methoxy groups -OCH3 is 3. The Bertz CT molecular complexity index is 1500. The molecule has 5 rings (SSSR count). The average molecular weight is 584 g/mol. The molecule has 4 aromatic rings. The molecule has 0 unspecified atom stereocenters. The van der Waals surface area contributed by atoms with Gasteiger partial charge in [0.2, 0.25) is 17.6 Å². The van der Waals surface area contributed by atoms with Crippen LogP contribution in [0.25, 0.3) is 10.9 Å². The lowest BCUT2D eigenvalue weighted by Gasteiger charge is -2.34. The lowest BCUT2D eigenvalue weighted by molar-refractivity contribution is -0.142. The van der Waals surface area contributed by atoms with Crippen molar-refractivity contribution in [1.29, 1.82) is 0 Å². The van der Waals surface area contributed by atoms with E-state index >= 15 is 0 Å². The highest BCUT2D eigenvalue weighted by atomic mass is 16.5. The van der Waals surface area contributed by atoms with Crippen LogP contribution in [-0.2, 0) is 22.6 Å². The number of hydrogen-bond acceptors (Lipinski definition) is 5. The van der Waals surface area contributed by atoms with Gasteiger partial charge in [0.1, 0.15) is 6.04 Å². The summed E-state index contributed by atoms with van der Waals surface area (Å²) in [5.74, 6) is 0.959. The van der Waals surface area contributed by atoms with E-state index < -0.39 is 6.04 Å². The van der Waals surface area contributed by atoms with E-state index in [0.717, 1.165) is 47.7 Å². The number of H-pyrrole nitrogens is 1. The number of amides is 2. The normalized spacial score (nSPS) is 14.2. The van der Waals surface area contributed by atoms with Crippen molar-refractivity contribution in [2.75, 3.05) is 21.3 Å². The number of aryl methyl sites for hydroxylation is 1. The van der Waals surface area contributed by atoms with Gasteiger partial charge in [-0.25, -0.2) is 0 Å². The zero-order valence-electron chi connectivity index (χ0n) is 25.2. The maximum absolute atomic E-state index is 14.3. The fourth-order valence-corrected chi connectivity index (χ4v) is 6.09. The molecule has 0 spiro atoms. The summed E-state index contributed by atoms with van der Waals surface area (Å²) in [6, 6.07) is 20.6. The second kappa shape index (κ2) is 14.1. The number of nitrogens with zero attached hydrogens (tertiary/aromatic N) is 1. The number of fused-ring (bicyclic) bond motifs is 1. The van der Waals surface area contributed by atoms with Gasteiger partial charge in [0.25, 0.3) is 0 Å². The minimum Gasteiger partial charge on any atom is -0.493 e. The predicted molar refractivity (Wildman–Crippen MR) is 167 cm³/mol. The van der Waals surface area contributed by atoms with Gasteiger partial charge < -0.3 is 29.4 Å². The monoisotopic (exact) mass is 583 g/mol. The molecule has 1 atom stereocenters. The van der Waals surface area contributed by atoms with Crippen LogP contribution in [0, 0.1) is 0 Å². The molecule has 8 heteroatoms. The number of hydrogen-bond donors (Lipinski definition) is 2. The summed E-state index contributed by atoms with van der Waals surface area (Å²) in [6.07, 6.45) is 7.95. The number of aromatic amines is 1. The van der Waals surface area contributed by atoms with Crippen molar-refractivity contribution in [2.45, 2.75) is 63.6 Å². The quantitative estimate of drug-likeness (QED) is 0.203. The summed E-state index contributed by atoms with van der Waals surface area (Å²) in [6.45, 7) is 0.271. The Balaban J connectivity index is 1.54. The number of para-hydroxylation sites is 1. The Labute approximate surface area is 253 Å². The third-order valence-electron chi connectivity index (χ3n) is 8.31. The van der Waals surface area contributed by atoms with E-state index in [4.69, 9.17) is 14.2 Å². The summed E-state index contributed by atoms with van der Waals surface area (Å²) in [5.41, 5.74) is 3.64. The number of nitrogens with one attached hydrogen (secondary N) is 2. The van der Waals surface area contributed by atoms with Crippen LogP contribution in [0.1, 0.15) is 61.3 Å². The lowest BCUT2D eigenvalue weighted by atomic mass is 9.94. The highest BCUT2D eigenvalue weighted by molar-refractivity contribution is 5.90. The summed E-state index contributed by atoms with van der Waals surface area (Å²) in [4.78, 5) is 33.6. The second-order valence-corrected chi connectivity index (χ2v) is 11.1. The minimum absolute atomic E-state index is 0.0747. The molecule has 1 aliphatic rings. The number of rotatable bonds is 12. The van der Waals surface area contributed by atoms with Crippen LogP contribution in [0.3, 0.4) is 0 Å². The van der Waals surface area contributed by atoms with Crippen LogP contribution in [0.15, 0.2) is 72.9 Å². The highest BCUT2D eigenvalue weighted by Gasteiger charge is 2.34. The third-order valence-corrected chi connectivity index (χ3v) is 8.31. The van der Waals surface area contributed by atoms with Gasteiger partial charge in [-0.2, -0.15) is 0 Å². The van der Waals surface area contributed by atoms with Crippen molar-refractivity contribution in [3.05, 3.63) is 89.6 Å². The Morgan fingerprint density at radius 1 is 0.907 bits per heavy atom. The fourth-order valence-electron chi connectivity index (χ4n) is 6.09. The fraction of sp³-hybridized carbons (Fsp3) is 0.371. The molecule has 1 aliphatic carbocycles. The molecule has 1 heterocycles. The van der Waals surface area contributed by atoms with Gasteiger partial charge in [-0.1, -0.05) is 67.8 Å². The van der Waals surface area contributed by atoms with E-state index in [1.807, 2.05) is 54.7 Å². The molecule has 226 valence electrons. The van der Waals surface area contributed by atoms with Gasteiger partial charge in [0, 0.05) is 36.1 Å². The lowest BCUT2D eigenvalue weighted by Crippen LogP contribution is -2.47. The number of benzene rings is 3. The summed E-state index contributed by atoms with van der Waals surface area (Å²) in [5, 5.41) is 4.38. The summed E-state index contributed by atoms with van der Waals surface area (Å²) >= 11 is 0. The van der Waals surface area contributed by atoms with Crippen molar-refractivity contribution in [3.63, 3.8) is 0 Å². The van der Waals surface area contributed by atoms with E-state index in [2.05, 4.69) is 16.4 Å². The molecule has 0 radical (unpaired) electrons. The number of aromatic nitrogens is 1. The smallest absolute Gasteiger partial charge is 0.247 e. The first-order valence-electron chi connectivity index (χ1n) is 15.0. The second-order valence-electron chi connectivity index (χ2n) is 11.1. The predicted octanol–water partition coefficient (Wildman–Crippen LogP) is 6.35. The van der Waals surface area contributed by atoms with Crippen LogP contribution in [0.4, 0.5) is 0 Å². The van der Waals surface area contributed by atoms with Crippen molar-refractivity contribution < 1.29 is 23.8 Å². The van der Waals surface area contributed by atoms with Crippen molar-refractivity contribution in [2.24, 2.45) is 0 Å². The number of ether oxygens (including phenoxy) is 3. The molecular formula is C35H41N3O5. The van der Waals surface area contributed by atoms with Gasteiger partial charge in [-0.3, -0.25) is 9.59 Å². The first kappa shape index (κ1) is 30.0.